The quantitative estimate of drug-likeness (QED) is 0.703. The van der Waals surface area contributed by atoms with Crippen molar-refractivity contribution in [3.8, 4) is 11.3 Å². The molecule has 0 aliphatic heterocycles. The topological polar surface area (TPSA) is 59.1 Å². The highest BCUT2D eigenvalue weighted by molar-refractivity contribution is 7.93. The molecule has 0 unspecified atom stereocenters. The Hall–Kier alpha value is -1.89. The molecule has 24 heavy (non-hydrogen) atoms. The van der Waals surface area contributed by atoms with Gasteiger partial charge in [0.2, 0.25) is 0 Å². The Morgan fingerprint density at radius 3 is 2.25 bits per heavy atom. The SMILES string of the molecule is Cc1ccc(-c2nc(NS(=O)(=O)c3ccc(Cl)cc3)sc2C)cc1. The Kier molecular flexibility index (Phi) is 4.62. The molecule has 1 N–H and O–H groups in total. The molecule has 0 saturated carbocycles. The predicted molar refractivity (Wildman–Crippen MR) is 99.3 cm³/mol. The summed E-state index contributed by atoms with van der Waals surface area (Å²) >= 11 is 7.11. The number of benzene rings is 2. The smallest absolute Gasteiger partial charge is 0.255 e. The molecule has 7 heteroatoms. The zero-order valence-corrected chi connectivity index (χ0v) is 15.5. The molecular formula is C17H15ClN2O2S2. The Balaban J connectivity index is 1.90. The molecule has 4 nitrogen and oxygen atoms in total. The number of rotatable bonds is 4. The molecule has 2 aromatic carbocycles. The van der Waals surface area contributed by atoms with Crippen LogP contribution in [0.15, 0.2) is 53.4 Å². The van der Waals surface area contributed by atoms with Crippen LogP contribution in [-0.2, 0) is 10.0 Å². The van der Waals surface area contributed by atoms with E-state index in [9.17, 15) is 8.42 Å². The van der Waals surface area contributed by atoms with Crippen molar-refractivity contribution in [2.24, 2.45) is 0 Å². The molecule has 0 aliphatic rings. The number of nitrogens with one attached hydrogen (secondary N) is 1. The molecule has 0 saturated heterocycles. The van der Waals surface area contributed by atoms with E-state index in [1.807, 2.05) is 38.1 Å². The Morgan fingerprint density at radius 2 is 1.62 bits per heavy atom. The van der Waals surface area contributed by atoms with Gasteiger partial charge < -0.3 is 0 Å². The average molecular weight is 379 g/mol. The summed E-state index contributed by atoms with van der Waals surface area (Å²) in [6.07, 6.45) is 0. The second kappa shape index (κ2) is 6.55. The fourth-order valence-corrected chi connectivity index (χ4v) is 4.40. The third kappa shape index (κ3) is 3.61. The third-order valence-corrected chi connectivity index (χ3v) is 6.09. The molecule has 0 atom stereocenters. The van der Waals surface area contributed by atoms with Gasteiger partial charge in [-0.2, -0.15) is 0 Å². The molecule has 0 radical (unpaired) electrons. The van der Waals surface area contributed by atoms with Crippen molar-refractivity contribution in [3.05, 3.63) is 64.0 Å². The van der Waals surface area contributed by atoms with Crippen LogP contribution < -0.4 is 4.72 Å². The highest BCUT2D eigenvalue weighted by Gasteiger charge is 2.18. The number of hydrogen-bond acceptors (Lipinski definition) is 4. The van der Waals surface area contributed by atoms with Gasteiger partial charge in [0.25, 0.3) is 10.0 Å². The molecule has 0 spiro atoms. The molecule has 0 fully saturated rings. The molecule has 0 bridgehead atoms. The number of sulfonamides is 1. The maximum atomic E-state index is 12.4. The van der Waals surface area contributed by atoms with Crippen LogP contribution in [0.2, 0.25) is 5.02 Å². The number of halogens is 1. The van der Waals surface area contributed by atoms with Crippen LogP contribution in [0.3, 0.4) is 0 Å². The molecule has 1 aromatic heterocycles. The van der Waals surface area contributed by atoms with Gasteiger partial charge in [0.05, 0.1) is 10.6 Å². The lowest BCUT2D eigenvalue weighted by Crippen LogP contribution is -2.12. The molecule has 1 heterocycles. The zero-order valence-electron chi connectivity index (χ0n) is 13.1. The van der Waals surface area contributed by atoms with Gasteiger partial charge >= 0.3 is 0 Å². The van der Waals surface area contributed by atoms with Gasteiger partial charge in [-0.05, 0) is 38.1 Å². The van der Waals surface area contributed by atoms with Gasteiger partial charge in [0.15, 0.2) is 5.13 Å². The van der Waals surface area contributed by atoms with Crippen molar-refractivity contribution in [2.75, 3.05) is 4.72 Å². The van der Waals surface area contributed by atoms with Gasteiger partial charge in [-0.15, -0.1) is 11.3 Å². The van der Waals surface area contributed by atoms with Crippen LogP contribution in [0, 0.1) is 13.8 Å². The number of nitrogens with zero attached hydrogens (tertiary/aromatic N) is 1. The van der Waals surface area contributed by atoms with Gasteiger partial charge in [-0.3, -0.25) is 4.72 Å². The van der Waals surface area contributed by atoms with Crippen molar-refractivity contribution < 1.29 is 8.42 Å². The maximum absolute atomic E-state index is 12.4. The van der Waals surface area contributed by atoms with E-state index in [1.54, 1.807) is 12.1 Å². The Bertz CT molecular complexity index is 963. The monoisotopic (exact) mass is 378 g/mol. The van der Waals surface area contributed by atoms with E-state index in [0.717, 1.165) is 21.7 Å². The van der Waals surface area contributed by atoms with Gasteiger partial charge in [0.1, 0.15) is 0 Å². The summed E-state index contributed by atoms with van der Waals surface area (Å²) < 4.78 is 27.4. The first-order valence-electron chi connectivity index (χ1n) is 7.18. The van der Waals surface area contributed by atoms with E-state index >= 15 is 0 Å². The minimum Gasteiger partial charge on any atom is -0.255 e. The lowest BCUT2D eigenvalue weighted by molar-refractivity contribution is 0.601. The normalized spacial score (nSPS) is 11.5. The van der Waals surface area contributed by atoms with E-state index in [-0.39, 0.29) is 4.90 Å². The van der Waals surface area contributed by atoms with Crippen LogP contribution >= 0.6 is 22.9 Å². The molecule has 3 aromatic rings. The fourth-order valence-electron chi connectivity index (χ4n) is 2.21. The van der Waals surface area contributed by atoms with Crippen LogP contribution in [0.25, 0.3) is 11.3 Å². The molecule has 0 amide bonds. The predicted octanol–water partition coefficient (Wildman–Crippen LogP) is 4.88. The average Bonchev–Trinajstić information content (AvgIpc) is 2.88. The second-order valence-corrected chi connectivity index (χ2v) is 8.67. The van der Waals surface area contributed by atoms with Crippen LogP contribution in [0.1, 0.15) is 10.4 Å². The van der Waals surface area contributed by atoms with Gasteiger partial charge in [-0.1, -0.05) is 41.4 Å². The van der Waals surface area contributed by atoms with Crippen molar-refractivity contribution in [1.29, 1.82) is 0 Å². The van der Waals surface area contributed by atoms with Gasteiger partial charge in [-0.25, -0.2) is 13.4 Å². The number of aryl methyl sites for hydroxylation is 2. The highest BCUT2D eigenvalue weighted by atomic mass is 35.5. The number of aromatic nitrogens is 1. The second-order valence-electron chi connectivity index (χ2n) is 5.35. The van der Waals surface area contributed by atoms with E-state index in [2.05, 4.69) is 9.71 Å². The van der Waals surface area contributed by atoms with E-state index < -0.39 is 10.0 Å². The van der Waals surface area contributed by atoms with Crippen molar-refractivity contribution >= 4 is 38.1 Å². The third-order valence-electron chi connectivity index (χ3n) is 3.47. The number of anilines is 1. The number of thiazole rings is 1. The highest BCUT2D eigenvalue weighted by Crippen LogP contribution is 2.31. The minimum atomic E-state index is -3.68. The summed E-state index contributed by atoms with van der Waals surface area (Å²) in [4.78, 5) is 5.54. The van der Waals surface area contributed by atoms with Gasteiger partial charge in [0, 0.05) is 15.5 Å². The van der Waals surface area contributed by atoms with Crippen molar-refractivity contribution in [2.45, 2.75) is 18.7 Å². The van der Waals surface area contributed by atoms with E-state index in [1.165, 1.54) is 23.5 Å². The summed E-state index contributed by atoms with van der Waals surface area (Å²) in [5.74, 6) is 0. The minimum absolute atomic E-state index is 0.150. The summed E-state index contributed by atoms with van der Waals surface area (Å²) in [6.45, 7) is 3.94. The van der Waals surface area contributed by atoms with E-state index in [0.29, 0.717) is 10.2 Å². The van der Waals surface area contributed by atoms with Crippen molar-refractivity contribution in [1.82, 2.24) is 4.98 Å². The van der Waals surface area contributed by atoms with Crippen LogP contribution in [0.4, 0.5) is 5.13 Å². The standard InChI is InChI=1S/C17H15ClN2O2S2/c1-11-3-5-13(6-4-11)16-12(2)23-17(19-16)20-24(21,22)15-9-7-14(18)8-10-15/h3-10H,1-2H3,(H,19,20). The van der Waals surface area contributed by atoms with E-state index in [4.69, 9.17) is 11.6 Å². The number of hydrogen-bond donors (Lipinski definition) is 1. The lowest BCUT2D eigenvalue weighted by Gasteiger charge is -2.05. The molecule has 0 aliphatic carbocycles. The van der Waals surface area contributed by atoms with Crippen LogP contribution in [-0.4, -0.2) is 13.4 Å². The zero-order chi connectivity index (χ0) is 17.3. The largest absolute Gasteiger partial charge is 0.263 e. The van der Waals surface area contributed by atoms with Crippen LogP contribution in [0.5, 0.6) is 0 Å². The first-order valence-corrected chi connectivity index (χ1v) is 9.86. The fraction of sp³-hybridized carbons (Fsp3) is 0.118. The molecular weight excluding hydrogens is 364 g/mol. The Labute approximate surface area is 150 Å². The summed E-state index contributed by atoms with van der Waals surface area (Å²) in [6, 6.07) is 14.0. The van der Waals surface area contributed by atoms with Crippen molar-refractivity contribution in [3.63, 3.8) is 0 Å². The first-order chi connectivity index (χ1) is 11.3. The summed E-state index contributed by atoms with van der Waals surface area (Å²) in [5.41, 5.74) is 2.91. The summed E-state index contributed by atoms with van der Waals surface area (Å²) in [5, 5.41) is 0.832. The maximum Gasteiger partial charge on any atom is 0.263 e. The Morgan fingerprint density at radius 1 is 1.00 bits per heavy atom. The lowest BCUT2D eigenvalue weighted by atomic mass is 10.1. The first kappa shape index (κ1) is 17.0. The molecule has 3 rings (SSSR count). The molecule has 124 valence electrons. The summed E-state index contributed by atoms with van der Waals surface area (Å²) in [7, 11) is -3.68.